The highest BCUT2D eigenvalue weighted by Gasteiger charge is 2.23. The molecule has 1 heterocycles. The lowest BCUT2D eigenvalue weighted by atomic mass is 9.50. The molecule has 0 spiro atoms. The number of rotatable bonds is 5. The molecule has 0 bridgehead atoms. The summed E-state index contributed by atoms with van der Waals surface area (Å²) in [7, 11) is 0. The Kier molecular flexibility index (Phi) is 5.34. The van der Waals surface area contributed by atoms with Gasteiger partial charge in [0, 0.05) is 11.9 Å². The fourth-order valence-corrected chi connectivity index (χ4v) is 3.95. The molecule has 3 aromatic rings. The summed E-state index contributed by atoms with van der Waals surface area (Å²) >= 11 is 0. The molecule has 2 nitrogen and oxygen atoms in total. The smallest absolute Gasteiger partial charge is 0.327 e. The molecule has 1 aliphatic carbocycles. The zero-order valence-corrected chi connectivity index (χ0v) is 15.2. The molecule has 0 amide bonds. The van der Waals surface area contributed by atoms with E-state index in [4.69, 9.17) is 4.99 Å². The van der Waals surface area contributed by atoms with Crippen LogP contribution in [0.4, 0.5) is 0 Å². The van der Waals surface area contributed by atoms with Gasteiger partial charge in [0.1, 0.15) is 0 Å². The van der Waals surface area contributed by atoms with Crippen LogP contribution in [0.5, 0.6) is 0 Å². The molecule has 1 aliphatic rings. The van der Waals surface area contributed by atoms with Crippen LogP contribution in [0.25, 0.3) is 0 Å². The molecule has 2 aromatic carbocycles. The van der Waals surface area contributed by atoms with Gasteiger partial charge in [0.2, 0.25) is 0 Å². The third kappa shape index (κ3) is 3.82. The van der Waals surface area contributed by atoms with Crippen LogP contribution < -0.4 is 10.9 Å². The molecule has 0 aliphatic heterocycles. The van der Waals surface area contributed by atoms with Gasteiger partial charge in [-0.1, -0.05) is 90.9 Å². The monoisotopic (exact) mass is 340 g/mol. The van der Waals surface area contributed by atoms with Crippen molar-refractivity contribution in [2.45, 2.75) is 38.1 Å². The summed E-state index contributed by atoms with van der Waals surface area (Å²) in [4.78, 5) is 4.91. The van der Waals surface area contributed by atoms with E-state index in [0.717, 1.165) is 0 Å². The van der Waals surface area contributed by atoms with Crippen molar-refractivity contribution in [2.75, 3.05) is 0 Å². The second kappa shape index (κ2) is 8.22. The summed E-state index contributed by atoms with van der Waals surface area (Å²) in [5.41, 5.74) is 3.76. The van der Waals surface area contributed by atoms with E-state index in [-0.39, 0.29) is 6.85 Å². The Bertz CT molecular complexity index is 793. The highest BCUT2D eigenvalue weighted by atomic mass is 14.9. The van der Waals surface area contributed by atoms with Crippen molar-refractivity contribution in [3.8, 4) is 0 Å². The minimum Gasteiger partial charge on any atom is -0.382 e. The van der Waals surface area contributed by atoms with E-state index in [0.29, 0.717) is 6.04 Å². The Hall–Kier alpha value is -2.55. The zero-order chi connectivity index (χ0) is 17.6. The van der Waals surface area contributed by atoms with Gasteiger partial charge in [-0.25, -0.2) is 0 Å². The number of benzene rings is 2. The summed E-state index contributed by atoms with van der Waals surface area (Å²) < 4.78 is 2.34. The highest BCUT2D eigenvalue weighted by Crippen LogP contribution is 2.20. The Morgan fingerprint density at radius 3 is 2.00 bits per heavy atom. The van der Waals surface area contributed by atoms with E-state index in [9.17, 15) is 0 Å². The average Bonchev–Trinajstić information content (AvgIpc) is 3.17. The van der Waals surface area contributed by atoms with Gasteiger partial charge in [-0.15, -0.1) is 0 Å². The van der Waals surface area contributed by atoms with Crippen molar-refractivity contribution in [2.24, 2.45) is 4.99 Å². The van der Waals surface area contributed by atoms with Gasteiger partial charge in [0.15, 0.2) is 0 Å². The van der Waals surface area contributed by atoms with E-state index in [1.165, 1.54) is 48.7 Å². The van der Waals surface area contributed by atoms with Crippen LogP contribution in [-0.4, -0.2) is 23.6 Å². The molecular weight excluding hydrogens is 315 g/mol. The maximum atomic E-state index is 4.91. The maximum absolute atomic E-state index is 4.91. The lowest BCUT2D eigenvalue weighted by molar-refractivity contribution is 0.444. The number of aromatic nitrogens is 1. The summed E-state index contributed by atoms with van der Waals surface area (Å²) in [6, 6.07) is 26.2. The summed E-state index contributed by atoms with van der Waals surface area (Å²) in [5.74, 6) is 0. The first-order valence-electron chi connectivity index (χ1n) is 9.72. The van der Waals surface area contributed by atoms with Gasteiger partial charge >= 0.3 is 6.85 Å². The number of nitrogens with zero attached hydrogens (tertiary/aromatic N) is 2. The summed E-state index contributed by atoms with van der Waals surface area (Å²) in [6.45, 7) is 0.167. The molecule has 1 fully saturated rings. The summed E-state index contributed by atoms with van der Waals surface area (Å²) in [5, 5.41) is 0. The highest BCUT2D eigenvalue weighted by molar-refractivity contribution is 6.84. The number of hydrogen-bond donors (Lipinski definition) is 0. The van der Waals surface area contributed by atoms with Gasteiger partial charge in [0.05, 0.1) is 6.04 Å². The Morgan fingerprint density at radius 1 is 0.769 bits per heavy atom. The predicted octanol–water partition coefficient (Wildman–Crippen LogP) is 3.89. The van der Waals surface area contributed by atoms with Crippen LogP contribution in [0.1, 0.15) is 37.8 Å². The topological polar surface area (TPSA) is 17.3 Å². The van der Waals surface area contributed by atoms with Gasteiger partial charge in [-0.3, -0.25) is 4.99 Å². The van der Waals surface area contributed by atoms with Crippen molar-refractivity contribution < 1.29 is 0 Å². The van der Waals surface area contributed by atoms with Crippen molar-refractivity contribution >= 4 is 24.0 Å². The van der Waals surface area contributed by atoms with Crippen LogP contribution in [-0.2, 0) is 0 Å². The minimum absolute atomic E-state index is 0.167. The first kappa shape index (κ1) is 16.9. The normalized spacial score (nSPS) is 15.4. The lowest BCUT2D eigenvalue weighted by Gasteiger charge is -2.20. The molecule has 0 unspecified atom stereocenters. The van der Waals surface area contributed by atoms with E-state index in [1.807, 2.05) is 0 Å². The molecule has 0 radical (unpaired) electrons. The standard InChI is InChI=1S/C23H25BN2/c1-4-11-20(12-5-1)24(21-13-6-2-7-14-21)26-18-10-17-23(26)19-25-22-15-8-3-9-16-22/h1-2,4-7,10-14,17-19,22H,3,8-9,15-16H2. The molecule has 1 aromatic heterocycles. The van der Waals surface area contributed by atoms with Crippen molar-refractivity contribution in [1.82, 2.24) is 4.48 Å². The van der Waals surface area contributed by atoms with Crippen molar-refractivity contribution in [1.29, 1.82) is 0 Å². The third-order valence-corrected chi connectivity index (χ3v) is 5.31. The average molecular weight is 340 g/mol. The van der Waals surface area contributed by atoms with Crippen molar-refractivity contribution in [3.63, 3.8) is 0 Å². The molecule has 130 valence electrons. The first-order chi connectivity index (χ1) is 12.9. The number of aliphatic imine (C=N–C) groups is 1. The Balaban J connectivity index is 1.69. The van der Waals surface area contributed by atoms with Gasteiger partial charge in [-0.2, -0.15) is 0 Å². The van der Waals surface area contributed by atoms with Gasteiger partial charge in [0.25, 0.3) is 0 Å². The van der Waals surface area contributed by atoms with E-state index in [1.54, 1.807) is 0 Å². The second-order valence-corrected chi connectivity index (χ2v) is 7.13. The molecule has 3 heteroatoms. The third-order valence-electron chi connectivity index (χ3n) is 5.31. The van der Waals surface area contributed by atoms with Crippen LogP contribution in [0, 0.1) is 0 Å². The summed E-state index contributed by atoms with van der Waals surface area (Å²) in [6.07, 6.45) is 10.7. The fourth-order valence-electron chi connectivity index (χ4n) is 3.95. The molecule has 1 saturated carbocycles. The predicted molar refractivity (Wildman–Crippen MR) is 112 cm³/mol. The van der Waals surface area contributed by atoms with E-state index < -0.39 is 0 Å². The van der Waals surface area contributed by atoms with E-state index >= 15 is 0 Å². The van der Waals surface area contributed by atoms with Gasteiger partial charge < -0.3 is 4.48 Å². The molecular formula is C23H25BN2. The number of hydrogen-bond acceptors (Lipinski definition) is 1. The SMILES string of the molecule is C(=NC1CCCCC1)c1cccn1B(c1ccccc1)c1ccccc1. The Labute approximate surface area is 156 Å². The fraction of sp³-hybridized carbons (Fsp3) is 0.261. The van der Waals surface area contributed by atoms with Crippen LogP contribution in [0.2, 0.25) is 0 Å². The van der Waals surface area contributed by atoms with Crippen LogP contribution in [0.3, 0.4) is 0 Å². The molecule has 26 heavy (non-hydrogen) atoms. The van der Waals surface area contributed by atoms with Crippen LogP contribution >= 0.6 is 0 Å². The molecule has 0 atom stereocenters. The maximum Gasteiger partial charge on any atom is 0.327 e. The Morgan fingerprint density at radius 2 is 1.38 bits per heavy atom. The van der Waals surface area contributed by atoms with Crippen LogP contribution in [0.15, 0.2) is 84.0 Å². The first-order valence-corrected chi connectivity index (χ1v) is 9.72. The largest absolute Gasteiger partial charge is 0.382 e. The lowest BCUT2D eigenvalue weighted by Crippen LogP contribution is -2.49. The molecule has 0 N–H and O–H groups in total. The van der Waals surface area contributed by atoms with Crippen molar-refractivity contribution in [3.05, 3.63) is 84.7 Å². The minimum atomic E-state index is 0.167. The molecule has 4 rings (SSSR count). The quantitative estimate of drug-likeness (QED) is 0.495. The second-order valence-electron chi connectivity index (χ2n) is 7.13. The van der Waals surface area contributed by atoms with E-state index in [2.05, 4.69) is 89.7 Å². The molecule has 0 saturated heterocycles. The zero-order valence-electron chi connectivity index (χ0n) is 15.2. The van der Waals surface area contributed by atoms with Gasteiger partial charge in [-0.05, 0) is 31.2 Å².